The van der Waals surface area contributed by atoms with Crippen molar-refractivity contribution in [2.75, 3.05) is 27.7 Å². The molecule has 0 radical (unpaired) electrons. The van der Waals surface area contributed by atoms with E-state index < -0.39 is 48.4 Å². The van der Waals surface area contributed by atoms with Crippen molar-refractivity contribution in [1.82, 2.24) is 0 Å². The number of carbonyl (C=O) groups is 4. The van der Waals surface area contributed by atoms with Gasteiger partial charge in [0.2, 0.25) is 0 Å². The molecule has 0 aromatic rings. The van der Waals surface area contributed by atoms with E-state index in [1.165, 1.54) is 0 Å². The average molecular weight is 380 g/mol. The molecule has 0 saturated heterocycles. The Morgan fingerprint density at radius 3 is 1.60 bits per heavy atom. The summed E-state index contributed by atoms with van der Waals surface area (Å²) in [6, 6.07) is 0. The summed E-state index contributed by atoms with van der Waals surface area (Å²) in [7, 11) is 5.66. The molecule has 0 rings (SSSR count). The first-order chi connectivity index (χ1) is 10.6. The monoisotopic (exact) mass is 379 g/mol. The minimum absolute atomic E-state index is 0. The summed E-state index contributed by atoms with van der Waals surface area (Å²) in [6.45, 7) is 0.425. The van der Waals surface area contributed by atoms with Gasteiger partial charge in [-0.25, -0.2) is 4.79 Å². The second kappa shape index (κ2) is 12.0. The van der Waals surface area contributed by atoms with Crippen LogP contribution >= 0.6 is 0 Å². The van der Waals surface area contributed by atoms with E-state index in [0.29, 0.717) is 11.0 Å². The van der Waals surface area contributed by atoms with E-state index in [2.05, 4.69) is 0 Å². The molecule has 0 fully saturated rings. The van der Waals surface area contributed by atoms with Crippen LogP contribution in [0.15, 0.2) is 0 Å². The van der Waals surface area contributed by atoms with Crippen LogP contribution in [0.3, 0.4) is 0 Å². The van der Waals surface area contributed by atoms with Crippen LogP contribution in [0.4, 0.5) is 0 Å². The number of rotatable bonds is 9. The largest absolute Gasteiger partial charge is 2.00 e. The smallest absolute Gasteiger partial charge is 1.00 e. The molecule has 0 saturated carbocycles. The summed E-state index contributed by atoms with van der Waals surface area (Å²) in [5.41, 5.74) is -2.74. The van der Waals surface area contributed by atoms with Gasteiger partial charge < -0.3 is 42.8 Å². The Balaban J connectivity index is -0.000000109. The van der Waals surface area contributed by atoms with E-state index in [1.54, 1.807) is 0 Å². The average Bonchev–Trinajstić information content (AvgIpc) is 2.22. The molecule has 12 heteroatoms. The molecular weight excluding hydrogens is 354 g/mol. The molecular formula is C13H25MgNO10. The zero-order valence-corrected chi connectivity index (χ0v) is 15.8. The fourth-order valence-corrected chi connectivity index (χ4v) is 1.60. The second-order valence-electron chi connectivity index (χ2n) is 6.18. The molecule has 0 aliphatic carbocycles. The maximum Gasteiger partial charge on any atom is 2.00 e. The van der Waals surface area contributed by atoms with E-state index >= 15 is 0 Å². The number of aliphatic hydroxyl groups excluding tert-OH is 1. The van der Waals surface area contributed by atoms with E-state index in [1.807, 2.05) is 21.1 Å². The number of aliphatic carboxylic acids is 4. The number of carboxylic acids is 4. The van der Waals surface area contributed by atoms with Crippen LogP contribution in [0.2, 0.25) is 0 Å². The predicted molar refractivity (Wildman–Crippen MR) is 83.6 cm³/mol. The molecule has 0 aliphatic rings. The van der Waals surface area contributed by atoms with Gasteiger partial charge in [0.15, 0.2) is 5.60 Å². The van der Waals surface area contributed by atoms with Gasteiger partial charge >= 0.3 is 41.0 Å². The van der Waals surface area contributed by atoms with Crippen molar-refractivity contribution in [3.8, 4) is 0 Å². The van der Waals surface area contributed by atoms with Crippen molar-refractivity contribution in [2.24, 2.45) is 0 Å². The zero-order valence-electron chi connectivity index (χ0n) is 16.3. The molecule has 0 amide bonds. The molecule has 1 unspecified atom stereocenters. The maximum atomic E-state index is 10.3. The fraction of sp³-hybridized carbons (Fsp3) is 0.692. The Hall–Kier alpha value is -1.47. The summed E-state index contributed by atoms with van der Waals surface area (Å²) in [5.74, 6) is -6.22. The topological polar surface area (TPSA) is 192 Å². The van der Waals surface area contributed by atoms with Crippen molar-refractivity contribution in [3.05, 3.63) is 0 Å². The zero-order chi connectivity index (χ0) is 19.7. The van der Waals surface area contributed by atoms with Crippen molar-refractivity contribution in [3.63, 3.8) is 0 Å². The van der Waals surface area contributed by atoms with Crippen LogP contribution in [0, 0.1) is 0 Å². The Bertz CT molecular complexity index is 468. The predicted octanol–water partition coefficient (Wildman–Crippen LogP) is -3.21. The molecule has 0 aromatic heterocycles. The fourth-order valence-electron chi connectivity index (χ4n) is 1.60. The van der Waals surface area contributed by atoms with Gasteiger partial charge in [0.1, 0.15) is 12.6 Å². The van der Waals surface area contributed by atoms with Gasteiger partial charge in [-0.05, 0) is 0 Å². The number of likely N-dealkylation sites (N-methyl/N-ethyl adjacent to an activating group) is 1. The first-order valence-corrected chi connectivity index (χ1v) is 6.67. The SMILES string of the molecule is C[N+](C)(C)CC(O)CC(=O)[O-].O=C(O)CC(O)(CC(=O)O)C(=O)O.[H-].[H-].[Mg+2]. The molecule has 0 aromatic carbocycles. The van der Waals surface area contributed by atoms with Gasteiger partial charge in [0.25, 0.3) is 0 Å². The summed E-state index contributed by atoms with van der Waals surface area (Å²) in [6.07, 6.45) is -3.38. The quantitative estimate of drug-likeness (QED) is 0.201. The van der Waals surface area contributed by atoms with Crippen molar-refractivity contribution >= 4 is 46.9 Å². The molecule has 11 nitrogen and oxygen atoms in total. The molecule has 0 spiro atoms. The number of nitrogens with zero attached hydrogens (tertiary/aromatic N) is 1. The first-order valence-electron chi connectivity index (χ1n) is 6.67. The molecule has 25 heavy (non-hydrogen) atoms. The molecule has 0 aliphatic heterocycles. The third-order valence-electron chi connectivity index (χ3n) is 2.45. The normalized spacial score (nSPS) is 12.0. The minimum Gasteiger partial charge on any atom is -1.00 e. The van der Waals surface area contributed by atoms with Gasteiger partial charge in [-0.2, -0.15) is 0 Å². The van der Waals surface area contributed by atoms with Crippen LogP contribution in [0.1, 0.15) is 22.1 Å². The number of carbonyl (C=O) groups excluding carboxylic acids is 1. The standard InChI is InChI=1S/C7H15NO3.C6H8O7.Mg.2H/c1-8(2,3)5-6(9)4-7(10)11;7-3(8)1-6(13,5(11)12)2-4(9)10;;;/h6,9H,4-5H2,1-3H3;13H,1-2H2,(H,7,8)(H,9,10)(H,11,12);;;/q;;+2;2*-1. The second-order valence-corrected chi connectivity index (χ2v) is 6.18. The van der Waals surface area contributed by atoms with Gasteiger partial charge in [0, 0.05) is 12.4 Å². The summed E-state index contributed by atoms with van der Waals surface area (Å²) in [4.78, 5) is 40.5. The van der Waals surface area contributed by atoms with Gasteiger partial charge in [-0.1, -0.05) is 0 Å². The molecule has 0 heterocycles. The van der Waals surface area contributed by atoms with Crippen LogP contribution in [-0.2, 0) is 19.2 Å². The van der Waals surface area contributed by atoms with Crippen molar-refractivity contribution in [2.45, 2.75) is 31.0 Å². The number of hydrogen-bond donors (Lipinski definition) is 5. The van der Waals surface area contributed by atoms with Gasteiger partial charge in [-0.3, -0.25) is 9.59 Å². The Kier molecular flexibility index (Phi) is 13.6. The van der Waals surface area contributed by atoms with E-state index in [-0.39, 0.29) is 32.3 Å². The first kappa shape index (κ1) is 28.3. The van der Waals surface area contributed by atoms with E-state index in [9.17, 15) is 24.3 Å². The van der Waals surface area contributed by atoms with Gasteiger partial charge in [0.05, 0.1) is 34.0 Å². The van der Waals surface area contributed by atoms with Gasteiger partial charge in [-0.15, -0.1) is 0 Å². The Labute approximate surface area is 163 Å². The summed E-state index contributed by atoms with van der Waals surface area (Å²) >= 11 is 0. The Morgan fingerprint density at radius 1 is 1.04 bits per heavy atom. The van der Waals surface area contributed by atoms with E-state index in [0.717, 1.165) is 0 Å². The number of quaternary nitrogens is 1. The number of hydrogen-bond acceptors (Lipinski definition) is 7. The maximum absolute atomic E-state index is 10.3. The number of carboxylic acid groups (broad SMARTS) is 4. The Morgan fingerprint density at radius 2 is 1.40 bits per heavy atom. The van der Waals surface area contributed by atoms with E-state index in [4.69, 9.17) is 25.5 Å². The van der Waals surface area contributed by atoms with Crippen molar-refractivity contribution < 1.29 is 57.2 Å². The van der Waals surface area contributed by atoms with Crippen molar-refractivity contribution in [1.29, 1.82) is 0 Å². The van der Waals surface area contributed by atoms with Crippen LogP contribution < -0.4 is 5.11 Å². The summed E-state index contributed by atoms with van der Waals surface area (Å²) in [5, 5.41) is 52.9. The van der Waals surface area contributed by atoms with Crippen LogP contribution in [0.25, 0.3) is 0 Å². The van der Waals surface area contributed by atoms with Crippen LogP contribution in [-0.4, -0.2) is 116 Å². The van der Waals surface area contributed by atoms with Crippen LogP contribution in [0.5, 0.6) is 0 Å². The minimum atomic E-state index is -2.74. The molecule has 0 bridgehead atoms. The molecule has 144 valence electrons. The molecule has 1 atom stereocenters. The molecule has 5 N–H and O–H groups in total. The summed E-state index contributed by atoms with van der Waals surface area (Å²) < 4.78 is 0.550. The number of aliphatic hydroxyl groups is 2. The third-order valence-corrected chi connectivity index (χ3v) is 2.45. The third kappa shape index (κ3) is 17.1.